The minimum absolute atomic E-state index is 0.0333. The van der Waals surface area contributed by atoms with E-state index in [-0.39, 0.29) is 32.4 Å². The number of ether oxygens (including phenoxy) is 1. The Hall–Kier alpha value is -2.33. The zero-order valence-electron chi connectivity index (χ0n) is 14.5. The van der Waals surface area contributed by atoms with Gasteiger partial charge in [-0.3, -0.25) is 4.72 Å². The van der Waals surface area contributed by atoms with Crippen LogP contribution in [0.3, 0.4) is 0 Å². The second-order valence-electron chi connectivity index (χ2n) is 6.62. The number of carbonyl (C=O) groups is 1. The predicted molar refractivity (Wildman–Crippen MR) is 104 cm³/mol. The number of hydrogen-bond acceptors (Lipinski definition) is 5. The summed E-state index contributed by atoms with van der Waals surface area (Å²) in [5, 5.41) is 9.73. The number of carboxylic acids is 1. The van der Waals surface area contributed by atoms with Crippen molar-refractivity contribution >= 4 is 43.3 Å². The number of hydrogen-bond donors (Lipinski definition) is 2. The zero-order valence-corrected chi connectivity index (χ0v) is 16.9. The maximum atomic E-state index is 13.3. The van der Waals surface area contributed by atoms with Gasteiger partial charge < -0.3 is 14.7 Å². The molecule has 7 nitrogen and oxygen atoms in total. The lowest BCUT2D eigenvalue weighted by atomic mass is 10.1. The van der Waals surface area contributed by atoms with Crippen LogP contribution in [-0.4, -0.2) is 38.7 Å². The Labute approximate surface area is 169 Å². The summed E-state index contributed by atoms with van der Waals surface area (Å²) < 4.78 is 46.8. The first kappa shape index (κ1) is 19.0. The molecular weight excluding hydrogens is 455 g/mol. The molecule has 1 saturated heterocycles. The van der Waals surface area contributed by atoms with Gasteiger partial charge in [-0.15, -0.1) is 0 Å². The fraction of sp³-hybridized carbons (Fsp3) is 0.278. The van der Waals surface area contributed by atoms with Crippen LogP contribution in [0.5, 0.6) is 5.75 Å². The second-order valence-corrected chi connectivity index (χ2v) is 9.13. The highest BCUT2D eigenvalue weighted by molar-refractivity contribution is 9.10. The van der Waals surface area contributed by atoms with Crippen LogP contribution in [-0.2, 0) is 10.0 Å². The quantitative estimate of drug-likeness (QED) is 0.710. The molecule has 2 N–H and O–H groups in total. The van der Waals surface area contributed by atoms with E-state index in [1.165, 1.54) is 6.07 Å². The number of halogens is 2. The summed E-state index contributed by atoms with van der Waals surface area (Å²) in [6.07, 6.45) is 1.96. The van der Waals surface area contributed by atoms with E-state index < -0.39 is 21.8 Å². The molecule has 2 aliphatic rings. The molecule has 0 aliphatic carbocycles. The standard InChI is InChI=1S/C18H16BrFN2O5S/c19-12-8-10(20)3-6-15(12)28(25,26)21-13-4-5-14-17(16(13)18(23)24)27-9-11-2-1-7-22(11)14/h3-6,8,11,21H,1-2,7,9H2,(H,23,24)/t11-/m1/s1. The lowest BCUT2D eigenvalue weighted by Crippen LogP contribution is -2.38. The van der Waals surface area contributed by atoms with Crippen LogP contribution in [0.15, 0.2) is 39.7 Å². The number of aromatic carboxylic acids is 1. The molecule has 148 valence electrons. The van der Waals surface area contributed by atoms with Crippen molar-refractivity contribution < 1.29 is 27.4 Å². The molecule has 0 radical (unpaired) electrons. The van der Waals surface area contributed by atoms with E-state index >= 15 is 0 Å². The summed E-state index contributed by atoms with van der Waals surface area (Å²) in [5.41, 5.74) is 0.293. The largest absolute Gasteiger partial charge is 0.488 e. The van der Waals surface area contributed by atoms with E-state index in [2.05, 4.69) is 25.6 Å². The average Bonchev–Trinajstić information content (AvgIpc) is 3.09. The Morgan fingerprint density at radius 1 is 1.32 bits per heavy atom. The third kappa shape index (κ3) is 3.20. The van der Waals surface area contributed by atoms with Crippen molar-refractivity contribution in [2.45, 2.75) is 23.8 Å². The van der Waals surface area contributed by atoms with Crippen LogP contribution >= 0.6 is 15.9 Å². The first-order valence-electron chi connectivity index (χ1n) is 8.55. The van der Waals surface area contributed by atoms with Crippen LogP contribution in [0.1, 0.15) is 23.2 Å². The van der Waals surface area contributed by atoms with E-state index in [9.17, 15) is 22.7 Å². The average molecular weight is 471 g/mol. The molecule has 0 saturated carbocycles. The number of rotatable bonds is 4. The minimum atomic E-state index is -4.16. The van der Waals surface area contributed by atoms with Gasteiger partial charge >= 0.3 is 5.97 Å². The van der Waals surface area contributed by atoms with Crippen LogP contribution in [0, 0.1) is 5.82 Å². The fourth-order valence-corrected chi connectivity index (χ4v) is 5.76. The summed E-state index contributed by atoms with van der Waals surface area (Å²) in [4.78, 5) is 13.8. The highest BCUT2D eigenvalue weighted by atomic mass is 79.9. The zero-order chi connectivity index (χ0) is 20.1. The molecule has 2 aromatic rings. The summed E-state index contributed by atoms with van der Waals surface area (Å²) in [7, 11) is -4.16. The maximum absolute atomic E-state index is 13.3. The smallest absolute Gasteiger partial charge is 0.341 e. The Kier molecular flexibility index (Phi) is 4.70. The molecule has 28 heavy (non-hydrogen) atoms. The number of benzene rings is 2. The molecule has 0 spiro atoms. The van der Waals surface area contributed by atoms with Crippen molar-refractivity contribution in [3.05, 3.63) is 46.2 Å². The van der Waals surface area contributed by atoms with Gasteiger partial charge in [0.2, 0.25) is 0 Å². The maximum Gasteiger partial charge on any atom is 0.341 e. The van der Waals surface area contributed by atoms with E-state index in [4.69, 9.17) is 4.74 Å². The van der Waals surface area contributed by atoms with Crippen molar-refractivity contribution in [1.82, 2.24) is 0 Å². The van der Waals surface area contributed by atoms with Gasteiger partial charge in [0.25, 0.3) is 10.0 Å². The molecule has 0 bridgehead atoms. The Morgan fingerprint density at radius 2 is 2.11 bits per heavy atom. The molecule has 1 atom stereocenters. The molecular formula is C18H16BrFN2O5S. The van der Waals surface area contributed by atoms with E-state index in [1.54, 1.807) is 6.07 Å². The highest BCUT2D eigenvalue weighted by Gasteiger charge is 2.35. The second kappa shape index (κ2) is 6.93. The third-order valence-corrected chi connectivity index (χ3v) is 7.23. The monoisotopic (exact) mass is 470 g/mol. The van der Waals surface area contributed by atoms with Crippen LogP contribution in [0.4, 0.5) is 15.8 Å². The first-order chi connectivity index (χ1) is 13.3. The lowest BCUT2D eigenvalue weighted by Gasteiger charge is -2.34. The Bertz CT molecular complexity index is 1080. The summed E-state index contributed by atoms with van der Waals surface area (Å²) in [6.45, 7) is 1.15. The number of fused-ring (bicyclic) bond motifs is 3. The minimum Gasteiger partial charge on any atom is -0.488 e. The Morgan fingerprint density at radius 3 is 2.82 bits per heavy atom. The highest BCUT2D eigenvalue weighted by Crippen LogP contribution is 2.43. The summed E-state index contributed by atoms with van der Waals surface area (Å²) >= 11 is 3.03. The van der Waals surface area contributed by atoms with Crippen molar-refractivity contribution in [2.75, 3.05) is 22.8 Å². The van der Waals surface area contributed by atoms with Gasteiger partial charge in [-0.2, -0.15) is 0 Å². The summed E-state index contributed by atoms with van der Waals surface area (Å²) in [5.74, 6) is -1.74. The summed E-state index contributed by atoms with van der Waals surface area (Å²) in [6, 6.07) is 6.42. The van der Waals surface area contributed by atoms with Gasteiger partial charge in [0.05, 0.1) is 17.4 Å². The molecule has 0 unspecified atom stereocenters. The topological polar surface area (TPSA) is 95.9 Å². The molecule has 0 amide bonds. The molecule has 2 heterocycles. The molecule has 2 aromatic carbocycles. The van der Waals surface area contributed by atoms with Crippen molar-refractivity contribution in [3.63, 3.8) is 0 Å². The van der Waals surface area contributed by atoms with Gasteiger partial charge in [-0.1, -0.05) is 0 Å². The van der Waals surface area contributed by atoms with Gasteiger partial charge in [-0.05, 0) is 59.1 Å². The van der Waals surface area contributed by atoms with Gasteiger partial charge in [0.15, 0.2) is 5.75 Å². The number of carboxylic acid groups (broad SMARTS) is 1. The molecule has 4 rings (SSSR count). The van der Waals surface area contributed by atoms with E-state index in [0.717, 1.165) is 37.6 Å². The van der Waals surface area contributed by atoms with Gasteiger partial charge in [0.1, 0.15) is 22.9 Å². The molecule has 10 heteroatoms. The van der Waals surface area contributed by atoms with Crippen molar-refractivity contribution in [3.8, 4) is 5.75 Å². The van der Waals surface area contributed by atoms with Gasteiger partial charge in [-0.25, -0.2) is 17.6 Å². The van der Waals surface area contributed by atoms with Crippen molar-refractivity contribution in [1.29, 1.82) is 0 Å². The third-order valence-electron chi connectivity index (χ3n) is 4.89. The van der Waals surface area contributed by atoms with Crippen LogP contribution in [0.2, 0.25) is 0 Å². The fourth-order valence-electron chi connectivity index (χ4n) is 3.64. The molecule has 0 aromatic heterocycles. The van der Waals surface area contributed by atoms with E-state index in [0.29, 0.717) is 12.3 Å². The molecule has 2 aliphatic heterocycles. The number of nitrogens with one attached hydrogen (secondary N) is 1. The molecule has 1 fully saturated rings. The number of sulfonamides is 1. The number of anilines is 2. The lowest BCUT2D eigenvalue weighted by molar-refractivity contribution is 0.0692. The van der Waals surface area contributed by atoms with Gasteiger partial charge in [0, 0.05) is 11.0 Å². The number of nitrogens with zero attached hydrogens (tertiary/aromatic N) is 1. The van der Waals surface area contributed by atoms with Crippen LogP contribution in [0.25, 0.3) is 0 Å². The Balaban J connectivity index is 1.77. The normalized spacial score (nSPS) is 18.2. The van der Waals surface area contributed by atoms with Crippen LogP contribution < -0.4 is 14.4 Å². The van der Waals surface area contributed by atoms with Crippen molar-refractivity contribution in [2.24, 2.45) is 0 Å². The SMILES string of the molecule is O=C(O)c1c(NS(=O)(=O)c2ccc(F)cc2Br)ccc2c1OC[C@H]1CCCN21. The first-order valence-corrected chi connectivity index (χ1v) is 10.8. The predicted octanol–water partition coefficient (Wildman–Crippen LogP) is 3.45. The van der Waals surface area contributed by atoms with E-state index in [1.807, 2.05) is 0 Å².